The van der Waals surface area contributed by atoms with E-state index in [9.17, 15) is 4.79 Å². The van der Waals surface area contributed by atoms with E-state index in [1.165, 1.54) is 0 Å². The van der Waals surface area contributed by atoms with Crippen molar-refractivity contribution in [3.05, 3.63) is 101 Å². The zero-order chi connectivity index (χ0) is 26.5. The van der Waals surface area contributed by atoms with Crippen LogP contribution in [0.25, 0.3) is 0 Å². The molecule has 194 valence electrons. The Labute approximate surface area is 222 Å². The number of hydrogen-bond donors (Lipinski definition) is 1. The van der Waals surface area contributed by atoms with Crippen LogP contribution in [0, 0.1) is 6.92 Å². The number of carbonyl (C=O) groups excluding carboxylic acids is 1. The van der Waals surface area contributed by atoms with Gasteiger partial charge in [0, 0.05) is 38.3 Å². The first-order chi connectivity index (χ1) is 18.5. The summed E-state index contributed by atoms with van der Waals surface area (Å²) in [5, 5.41) is 2.97. The van der Waals surface area contributed by atoms with Gasteiger partial charge in [0.25, 0.3) is 0 Å². The van der Waals surface area contributed by atoms with Crippen molar-refractivity contribution in [1.29, 1.82) is 0 Å². The van der Waals surface area contributed by atoms with Crippen molar-refractivity contribution >= 4 is 17.7 Å². The summed E-state index contributed by atoms with van der Waals surface area (Å²) < 4.78 is 11.6. The van der Waals surface area contributed by atoms with Crippen LogP contribution in [0.3, 0.4) is 0 Å². The number of nitrogens with one attached hydrogen (secondary N) is 1. The Morgan fingerprint density at radius 3 is 2.58 bits per heavy atom. The van der Waals surface area contributed by atoms with Gasteiger partial charge >= 0.3 is 6.03 Å². The molecule has 0 bridgehead atoms. The second kappa shape index (κ2) is 11.2. The first-order valence-corrected chi connectivity index (χ1v) is 12.6. The summed E-state index contributed by atoms with van der Waals surface area (Å²) in [6.45, 7) is 3.56. The number of amides is 2. The van der Waals surface area contributed by atoms with E-state index in [1.807, 2.05) is 79.5 Å². The summed E-state index contributed by atoms with van der Waals surface area (Å²) >= 11 is 0. The predicted molar refractivity (Wildman–Crippen MR) is 148 cm³/mol. The number of rotatable bonds is 7. The quantitative estimate of drug-likeness (QED) is 0.339. The monoisotopic (exact) mass is 509 g/mol. The number of benzene rings is 3. The number of nitrogens with zero attached hydrogens (tertiary/aromatic N) is 4. The van der Waals surface area contributed by atoms with Crippen LogP contribution in [-0.4, -0.2) is 41.6 Å². The molecule has 0 saturated carbocycles. The van der Waals surface area contributed by atoms with Crippen molar-refractivity contribution in [3.63, 3.8) is 0 Å². The predicted octanol–water partition coefficient (Wildman–Crippen LogP) is 5.81. The zero-order valence-corrected chi connectivity index (χ0v) is 21.8. The van der Waals surface area contributed by atoms with E-state index in [0.717, 1.165) is 22.4 Å². The van der Waals surface area contributed by atoms with Crippen LogP contribution in [0.4, 0.5) is 16.4 Å². The van der Waals surface area contributed by atoms with Gasteiger partial charge in [-0.05, 0) is 42.3 Å². The SMILES string of the molecule is COc1cccc(NC(=O)N2CCc3nc(N(C)Cc4ccccc4)nc(Oc4cccc(C)c4)c3C2)c1. The van der Waals surface area contributed by atoms with Crippen molar-refractivity contribution in [2.24, 2.45) is 0 Å². The lowest BCUT2D eigenvalue weighted by molar-refractivity contribution is 0.205. The molecule has 2 heterocycles. The maximum atomic E-state index is 13.2. The number of fused-ring (bicyclic) bond motifs is 1. The van der Waals surface area contributed by atoms with Gasteiger partial charge in [0.15, 0.2) is 0 Å². The van der Waals surface area contributed by atoms with Gasteiger partial charge in [0.2, 0.25) is 11.8 Å². The summed E-state index contributed by atoms with van der Waals surface area (Å²) in [4.78, 5) is 26.6. The van der Waals surface area contributed by atoms with Gasteiger partial charge in [-0.3, -0.25) is 0 Å². The minimum absolute atomic E-state index is 0.198. The molecular formula is C30H31N5O3. The van der Waals surface area contributed by atoms with Crippen LogP contribution in [-0.2, 0) is 19.5 Å². The minimum atomic E-state index is -0.198. The topological polar surface area (TPSA) is 79.8 Å². The van der Waals surface area contributed by atoms with E-state index < -0.39 is 0 Å². The van der Waals surface area contributed by atoms with Gasteiger partial charge < -0.3 is 24.6 Å². The number of hydrogen-bond acceptors (Lipinski definition) is 6. The normalized spacial score (nSPS) is 12.4. The van der Waals surface area contributed by atoms with E-state index in [4.69, 9.17) is 19.4 Å². The molecule has 8 nitrogen and oxygen atoms in total. The number of carbonyl (C=O) groups is 1. The highest BCUT2D eigenvalue weighted by atomic mass is 16.5. The van der Waals surface area contributed by atoms with Crippen molar-refractivity contribution in [2.45, 2.75) is 26.4 Å². The molecule has 8 heteroatoms. The molecule has 0 aliphatic carbocycles. The van der Waals surface area contributed by atoms with Gasteiger partial charge in [-0.25, -0.2) is 9.78 Å². The van der Waals surface area contributed by atoms with E-state index in [1.54, 1.807) is 18.1 Å². The highest BCUT2D eigenvalue weighted by Gasteiger charge is 2.27. The Kier molecular flexibility index (Phi) is 7.40. The fraction of sp³-hybridized carbons (Fsp3) is 0.233. The maximum Gasteiger partial charge on any atom is 0.322 e. The molecule has 1 aromatic heterocycles. The molecule has 1 N–H and O–H groups in total. The molecule has 0 fully saturated rings. The van der Waals surface area contributed by atoms with Crippen molar-refractivity contribution in [1.82, 2.24) is 14.9 Å². The Balaban J connectivity index is 1.42. The number of aryl methyl sites for hydroxylation is 1. The van der Waals surface area contributed by atoms with Gasteiger partial charge in [-0.15, -0.1) is 0 Å². The van der Waals surface area contributed by atoms with Crippen molar-refractivity contribution < 1.29 is 14.3 Å². The van der Waals surface area contributed by atoms with Gasteiger partial charge in [-0.2, -0.15) is 4.98 Å². The van der Waals surface area contributed by atoms with E-state index in [-0.39, 0.29) is 6.03 Å². The summed E-state index contributed by atoms with van der Waals surface area (Å²) in [6, 6.07) is 25.2. The minimum Gasteiger partial charge on any atom is -0.497 e. The van der Waals surface area contributed by atoms with Crippen LogP contribution >= 0.6 is 0 Å². The zero-order valence-electron chi connectivity index (χ0n) is 21.8. The maximum absolute atomic E-state index is 13.2. The summed E-state index contributed by atoms with van der Waals surface area (Å²) in [5.74, 6) is 2.43. The standard InChI is InChI=1S/C30H31N5O3/c1-21-9-7-14-25(17-21)38-28-26-20-35(30(36)31-23-12-8-13-24(18-23)37-3)16-15-27(26)32-29(33-28)34(2)19-22-10-5-4-6-11-22/h4-14,17-18H,15-16,19-20H2,1-3H3,(H,31,36). The average Bonchev–Trinajstić information content (AvgIpc) is 2.93. The molecule has 2 amide bonds. The number of anilines is 2. The van der Waals surface area contributed by atoms with Crippen molar-refractivity contribution in [2.75, 3.05) is 30.9 Å². The lowest BCUT2D eigenvalue weighted by Crippen LogP contribution is -2.39. The van der Waals surface area contributed by atoms with Gasteiger partial charge in [0.05, 0.1) is 24.9 Å². The number of ether oxygens (including phenoxy) is 2. The molecule has 0 atom stereocenters. The Morgan fingerprint density at radius 1 is 1.00 bits per heavy atom. The van der Waals surface area contributed by atoms with E-state index in [2.05, 4.69) is 17.4 Å². The Morgan fingerprint density at radius 2 is 1.79 bits per heavy atom. The molecule has 38 heavy (non-hydrogen) atoms. The molecule has 0 spiro atoms. The lowest BCUT2D eigenvalue weighted by atomic mass is 10.1. The van der Waals surface area contributed by atoms with Crippen LogP contribution in [0.1, 0.15) is 22.4 Å². The van der Waals surface area contributed by atoms with Gasteiger partial charge in [0.1, 0.15) is 11.5 Å². The van der Waals surface area contributed by atoms with Crippen LogP contribution in [0.15, 0.2) is 78.9 Å². The summed E-state index contributed by atoms with van der Waals surface area (Å²) in [5.41, 5.74) is 4.63. The second-order valence-electron chi connectivity index (χ2n) is 9.35. The molecule has 0 radical (unpaired) electrons. The van der Waals surface area contributed by atoms with Gasteiger partial charge in [-0.1, -0.05) is 48.5 Å². The number of methoxy groups -OCH3 is 1. The molecule has 1 aliphatic rings. The summed E-state index contributed by atoms with van der Waals surface area (Å²) in [7, 11) is 3.58. The smallest absolute Gasteiger partial charge is 0.322 e. The van der Waals surface area contributed by atoms with E-state index in [0.29, 0.717) is 55.1 Å². The van der Waals surface area contributed by atoms with Crippen molar-refractivity contribution in [3.8, 4) is 17.4 Å². The molecule has 4 aromatic rings. The number of urea groups is 1. The Hall–Kier alpha value is -4.59. The summed E-state index contributed by atoms with van der Waals surface area (Å²) in [6.07, 6.45) is 0.597. The second-order valence-corrected chi connectivity index (χ2v) is 9.35. The third-order valence-electron chi connectivity index (χ3n) is 6.43. The highest BCUT2D eigenvalue weighted by Crippen LogP contribution is 2.32. The van der Waals surface area contributed by atoms with Crippen LogP contribution < -0.4 is 19.7 Å². The molecule has 0 saturated heterocycles. The first kappa shape index (κ1) is 25.1. The Bertz CT molecular complexity index is 1430. The van der Waals surface area contributed by atoms with Crippen LogP contribution in [0.5, 0.6) is 17.4 Å². The fourth-order valence-electron chi connectivity index (χ4n) is 4.42. The van der Waals surface area contributed by atoms with Crippen LogP contribution in [0.2, 0.25) is 0 Å². The average molecular weight is 510 g/mol. The first-order valence-electron chi connectivity index (χ1n) is 12.6. The third-order valence-corrected chi connectivity index (χ3v) is 6.43. The largest absolute Gasteiger partial charge is 0.497 e. The molecule has 3 aromatic carbocycles. The molecule has 5 rings (SSSR count). The molecular weight excluding hydrogens is 478 g/mol. The molecule has 1 aliphatic heterocycles. The number of aromatic nitrogens is 2. The third kappa shape index (κ3) is 5.86. The fourth-order valence-corrected chi connectivity index (χ4v) is 4.42. The molecule has 0 unspecified atom stereocenters. The van der Waals surface area contributed by atoms with E-state index >= 15 is 0 Å². The lowest BCUT2D eigenvalue weighted by Gasteiger charge is -2.30. The highest BCUT2D eigenvalue weighted by molar-refractivity contribution is 5.89.